The van der Waals surface area contributed by atoms with Gasteiger partial charge in [0.25, 0.3) is 11.5 Å². The Morgan fingerprint density at radius 1 is 1.11 bits per heavy atom. The Morgan fingerprint density at radius 3 is 2.61 bits per heavy atom. The number of pyridine rings is 1. The number of halogens is 1. The highest BCUT2D eigenvalue weighted by molar-refractivity contribution is 6.30. The van der Waals surface area contributed by atoms with Crippen LogP contribution in [0.2, 0.25) is 5.02 Å². The molecule has 140 valence electrons. The van der Waals surface area contributed by atoms with Crippen LogP contribution in [0.25, 0.3) is 10.8 Å². The maximum absolute atomic E-state index is 12.9. The minimum Gasteiger partial charge on any atom is -0.319 e. The van der Waals surface area contributed by atoms with Gasteiger partial charge in [-0.15, -0.1) is 0 Å². The maximum atomic E-state index is 12.9. The summed E-state index contributed by atoms with van der Waals surface area (Å²) in [4.78, 5) is 25.9. The molecular weight excluding hydrogens is 376 g/mol. The first-order chi connectivity index (χ1) is 13.5. The van der Waals surface area contributed by atoms with Crippen LogP contribution in [0.4, 0.5) is 5.69 Å². The summed E-state index contributed by atoms with van der Waals surface area (Å²) in [6.07, 6.45) is 4.88. The molecular formula is C21H17ClN4O2. The average molecular weight is 393 g/mol. The highest BCUT2D eigenvalue weighted by Gasteiger charge is 2.15. The first-order valence-corrected chi connectivity index (χ1v) is 9.06. The fourth-order valence-electron chi connectivity index (χ4n) is 3.16. The van der Waals surface area contributed by atoms with Crippen LogP contribution in [0.3, 0.4) is 0 Å². The fraction of sp³-hybridized carbons (Fsp3) is 0.0952. The van der Waals surface area contributed by atoms with E-state index in [-0.39, 0.29) is 11.5 Å². The molecule has 1 amide bonds. The molecule has 0 fully saturated rings. The summed E-state index contributed by atoms with van der Waals surface area (Å²) in [5.74, 6) is -0.302. The zero-order valence-electron chi connectivity index (χ0n) is 15.1. The van der Waals surface area contributed by atoms with Crippen LogP contribution in [0, 0.1) is 0 Å². The first-order valence-electron chi connectivity index (χ1n) is 8.68. The number of amides is 1. The van der Waals surface area contributed by atoms with E-state index in [1.807, 2.05) is 18.2 Å². The van der Waals surface area contributed by atoms with Gasteiger partial charge < -0.3 is 9.88 Å². The molecule has 2 aromatic heterocycles. The zero-order valence-corrected chi connectivity index (χ0v) is 15.8. The molecule has 0 saturated heterocycles. The summed E-state index contributed by atoms with van der Waals surface area (Å²) >= 11 is 6.06. The van der Waals surface area contributed by atoms with Crippen molar-refractivity contribution in [2.24, 2.45) is 7.05 Å². The molecule has 0 radical (unpaired) electrons. The van der Waals surface area contributed by atoms with Crippen molar-refractivity contribution in [1.82, 2.24) is 14.3 Å². The number of carbonyl (C=O) groups excluding carboxylic acids is 1. The molecule has 7 heteroatoms. The zero-order chi connectivity index (χ0) is 19.7. The number of carbonyl (C=O) groups is 1. The molecule has 0 atom stereocenters. The molecule has 2 aromatic carbocycles. The summed E-state index contributed by atoms with van der Waals surface area (Å²) in [6, 6.07) is 14.4. The van der Waals surface area contributed by atoms with Crippen molar-refractivity contribution in [3.05, 3.63) is 93.6 Å². The molecule has 0 unspecified atom stereocenters. The van der Waals surface area contributed by atoms with E-state index in [1.165, 1.54) is 4.57 Å². The largest absolute Gasteiger partial charge is 0.319 e. The van der Waals surface area contributed by atoms with Crippen molar-refractivity contribution in [3.63, 3.8) is 0 Å². The minimum atomic E-state index is -0.302. The highest BCUT2D eigenvalue weighted by atomic mass is 35.5. The number of nitrogens with one attached hydrogen (secondary N) is 1. The van der Waals surface area contributed by atoms with Crippen LogP contribution < -0.4 is 10.9 Å². The van der Waals surface area contributed by atoms with E-state index in [1.54, 1.807) is 60.7 Å². The predicted molar refractivity (Wildman–Crippen MR) is 110 cm³/mol. The average Bonchev–Trinajstić information content (AvgIpc) is 3.08. The number of aryl methyl sites for hydroxylation is 1. The van der Waals surface area contributed by atoms with E-state index in [4.69, 9.17) is 11.6 Å². The van der Waals surface area contributed by atoms with Crippen molar-refractivity contribution >= 4 is 34.0 Å². The summed E-state index contributed by atoms with van der Waals surface area (Å²) in [5.41, 5.74) is 1.72. The van der Waals surface area contributed by atoms with Crippen molar-refractivity contribution in [1.29, 1.82) is 0 Å². The van der Waals surface area contributed by atoms with E-state index in [2.05, 4.69) is 10.4 Å². The second-order valence-corrected chi connectivity index (χ2v) is 6.94. The lowest BCUT2D eigenvalue weighted by Crippen LogP contribution is -2.24. The van der Waals surface area contributed by atoms with E-state index in [0.717, 1.165) is 5.56 Å². The number of rotatable bonds is 4. The third-order valence-electron chi connectivity index (χ3n) is 4.44. The van der Waals surface area contributed by atoms with Gasteiger partial charge >= 0.3 is 0 Å². The van der Waals surface area contributed by atoms with Gasteiger partial charge in [0.1, 0.15) is 0 Å². The predicted octanol–water partition coefficient (Wildman–Crippen LogP) is 3.69. The van der Waals surface area contributed by atoms with Crippen molar-refractivity contribution < 1.29 is 4.79 Å². The van der Waals surface area contributed by atoms with Crippen LogP contribution in [-0.4, -0.2) is 20.3 Å². The molecule has 0 aliphatic carbocycles. The number of aromatic nitrogens is 3. The van der Waals surface area contributed by atoms with Gasteiger partial charge in [0.2, 0.25) is 0 Å². The Bertz CT molecular complexity index is 1240. The second-order valence-electron chi connectivity index (χ2n) is 6.51. The molecule has 4 aromatic rings. The van der Waals surface area contributed by atoms with Crippen LogP contribution in [-0.2, 0) is 13.6 Å². The maximum Gasteiger partial charge on any atom is 0.258 e. The van der Waals surface area contributed by atoms with Crippen molar-refractivity contribution in [2.45, 2.75) is 6.54 Å². The van der Waals surface area contributed by atoms with Gasteiger partial charge in [-0.2, -0.15) is 5.10 Å². The van der Waals surface area contributed by atoms with E-state index < -0.39 is 0 Å². The number of anilines is 1. The van der Waals surface area contributed by atoms with Crippen molar-refractivity contribution in [3.8, 4) is 0 Å². The Morgan fingerprint density at radius 2 is 1.89 bits per heavy atom. The molecule has 28 heavy (non-hydrogen) atoms. The highest BCUT2D eigenvalue weighted by Crippen LogP contribution is 2.19. The SMILES string of the molecule is Cn1cc(NC(=O)c2cn(Cc3cccc(Cl)c3)c(=O)c3ccccc23)cn1. The van der Waals surface area contributed by atoms with E-state index in [9.17, 15) is 9.59 Å². The monoisotopic (exact) mass is 392 g/mol. The summed E-state index contributed by atoms with van der Waals surface area (Å²) in [5, 5.41) is 8.58. The molecule has 0 aliphatic rings. The van der Waals surface area contributed by atoms with Crippen LogP contribution in [0.5, 0.6) is 0 Å². The molecule has 4 rings (SSSR count). The normalized spacial score (nSPS) is 10.9. The number of nitrogens with zero attached hydrogens (tertiary/aromatic N) is 3. The number of hydrogen-bond donors (Lipinski definition) is 1. The molecule has 0 aliphatic heterocycles. The van der Waals surface area contributed by atoms with Crippen LogP contribution >= 0.6 is 11.6 Å². The topological polar surface area (TPSA) is 68.9 Å². The van der Waals surface area contributed by atoms with Crippen LogP contribution in [0.15, 0.2) is 71.9 Å². The molecule has 6 nitrogen and oxygen atoms in total. The lowest BCUT2D eigenvalue weighted by atomic mass is 10.1. The van der Waals surface area contributed by atoms with Gasteiger partial charge in [-0.1, -0.05) is 41.9 Å². The van der Waals surface area contributed by atoms with Crippen LogP contribution in [0.1, 0.15) is 15.9 Å². The molecule has 0 spiro atoms. The quantitative estimate of drug-likeness (QED) is 0.576. The Kier molecular flexibility index (Phi) is 4.71. The number of benzene rings is 2. The number of hydrogen-bond acceptors (Lipinski definition) is 3. The lowest BCUT2D eigenvalue weighted by molar-refractivity contribution is 0.102. The minimum absolute atomic E-state index is 0.159. The molecule has 0 saturated carbocycles. The van der Waals surface area contributed by atoms with Gasteiger partial charge in [-0.3, -0.25) is 14.3 Å². The third kappa shape index (κ3) is 3.54. The third-order valence-corrected chi connectivity index (χ3v) is 4.68. The lowest BCUT2D eigenvalue weighted by Gasteiger charge is -2.12. The molecule has 2 heterocycles. The van der Waals surface area contributed by atoms with Gasteiger partial charge in [0.05, 0.1) is 24.0 Å². The second kappa shape index (κ2) is 7.32. The van der Waals surface area contributed by atoms with Gasteiger partial charge in [0.15, 0.2) is 0 Å². The fourth-order valence-corrected chi connectivity index (χ4v) is 3.37. The summed E-state index contributed by atoms with van der Waals surface area (Å²) < 4.78 is 3.14. The first kappa shape index (κ1) is 18.0. The smallest absolute Gasteiger partial charge is 0.258 e. The standard InChI is InChI=1S/C21H17ClN4O2/c1-25-12-16(10-23-25)24-20(27)19-13-26(11-14-5-4-6-15(22)9-14)21(28)18-8-3-2-7-17(18)19/h2-10,12-13H,11H2,1H3,(H,24,27). The Labute approximate surface area is 166 Å². The number of fused-ring (bicyclic) bond motifs is 1. The summed E-state index contributed by atoms with van der Waals surface area (Å²) in [7, 11) is 1.77. The van der Waals surface area contributed by atoms with Gasteiger partial charge in [0, 0.05) is 35.2 Å². The molecule has 0 bridgehead atoms. The van der Waals surface area contributed by atoms with Crippen molar-refractivity contribution in [2.75, 3.05) is 5.32 Å². The Hall–Kier alpha value is -3.38. The summed E-state index contributed by atoms with van der Waals surface area (Å²) in [6.45, 7) is 0.317. The van der Waals surface area contributed by atoms with Gasteiger partial charge in [-0.05, 0) is 23.8 Å². The van der Waals surface area contributed by atoms with Gasteiger partial charge in [-0.25, -0.2) is 0 Å². The Balaban J connectivity index is 1.79. The van der Waals surface area contributed by atoms with E-state index >= 15 is 0 Å². The van der Waals surface area contributed by atoms with E-state index in [0.29, 0.717) is 33.6 Å². The molecule has 1 N–H and O–H groups in total.